The molecule has 1 fully saturated rings. The van der Waals surface area contributed by atoms with E-state index < -0.39 is 7.82 Å². The molecule has 0 unspecified atom stereocenters. The van der Waals surface area contributed by atoms with Crippen LogP contribution < -0.4 is 0 Å². The third kappa shape index (κ3) is 3.90. The second kappa shape index (κ2) is 5.96. The number of hydrogen-bond donors (Lipinski definition) is 2. The van der Waals surface area contributed by atoms with Gasteiger partial charge in [-0.2, -0.15) is 0 Å². The van der Waals surface area contributed by atoms with Crippen molar-refractivity contribution in [1.82, 2.24) is 4.90 Å². The van der Waals surface area contributed by atoms with Crippen molar-refractivity contribution < 1.29 is 18.9 Å². The normalized spacial score (nSPS) is 19.2. The van der Waals surface area contributed by atoms with Crippen LogP contribution in [0.3, 0.4) is 0 Å². The fourth-order valence-electron chi connectivity index (χ4n) is 2.74. The zero-order chi connectivity index (χ0) is 14.8. The quantitative estimate of drug-likeness (QED) is 0.836. The van der Waals surface area contributed by atoms with Gasteiger partial charge in [0, 0.05) is 18.6 Å². The topological polar surface area (TPSA) is 70.0 Å². The monoisotopic (exact) mass is 299 g/mol. The largest absolute Gasteiger partial charge is 0.469 e. The summed E-state index contributed by atoms with van der Waals surface area (Å²) in [5.74, 6) is 0. The molecule has 1 aromatic rings. The minimum atomic E-state index is -4.37. The average Bonchev–Trinajstić information content (AvgIpc) is 2.38. The Kier molecular flexibility index (Phi) is 4.67. The van der Waals surface area contributed by atoms with Gasteiger partial charge in [-0.05, 0) is 32.3 Å². The highest BCUT2D eigenvalue weighted by atomic mass is 31.2. The lowest BCUT2D eigenvalue weighted by molar-refractivity contribution is 0.0265. The summed E-state index contributed by atoms with van der Waals surface area (Å²) < 4.78 is 15.6. The molecule has 112 valence electrons. The fraction of sp³-hybridized carbons (Fsp3) is 0.571. The van der Waals surface area contributed by atoms with Gasteiger partial charge in [0.05, 0.1) is 6.10 Å². The van der Waals surface area contributed by atoms with Crippen LogP contribution in [-0.2, 0) is 14.6 Å². The van der Waals surface area contributed by atoms with Crippen molar-refractivity contribution in [2.45, 2.75) is 38.3 Å². The summed E-state index contributed by atoms with van der Waals surface area (Å²) in [5.41, 5.74) is 1.16. The Morgan fingerprint density at radius 1 is 1.20 bits per heavy atom. The van der Waals surface area contributed by atoms with Crippen molar-refractivity contribution in [2.75, 3.05) is 13.1 Å². The Labute approximate surface area is 119 Å². The maximum atomic E-state index is 10.9. The summed E-state index contributed by atoms with van der Waals surface area (Å²) in [4.78, 5) is 20.0. The Bertz CT molecular complexity index is 477. The third-order valence-corrected chi connectivity index (χ3v) is 4.57. The summed E-state index contributed by atoms with van der Waals surface area (Å²) in [5, 5.41) is 0. The van der Waals surface area contributed by atoms with Crippen LogP contribution in [0, 0.1) is 0 Å². The molecule has 5 nitrogen and oxygen atoms in total. The number of hydrogen-bond acceptors (Lipinski definition) is 3. The Balaban J connectivity index is 1.98. The van der Waals surface area contributed by atoms with Crippen LogP contribution in [0.5, 0.6) is 0 Å². The highest BCUT2D eigenvalue weighted by Gasteiger charge is 2.34. The van der Waals surface area contributed by atoms with E-state index in [1.807, 2.05) is 18.2 Å². The lowest BCUT2D eigenvalue weighted by Crippen LogP contribution is -2.47. The Morgan fingerprint density at radius 3 is 2.25 bits per heavy atom. The van der Waals surface area contributed by atoms with E-state index in [-0.39, 0.29) is 11.6 Å². The van der Waals surface area contributed by atoms with Crippen molar-refractivity contribution >= 4 is 7.82 Å². The van der Waals surface area contributed by atoms with E-state index in [1.165, 1.54) is 5.56 Å². The molecule has 1 aromatic carbocycles. The second-order valence-corrected chi connectivity index (χ2v) is 6.90. The van der Waals surface area contributed by atoms with Gasteiger partial charge in [-0.1, -0.05) is 30.3 Å². The van der Waals surface area contributed by atoms with Crippen molar-refractivity contribution in [3.63, 3.8) is 0 Å². The number of benzene rings is 1. The van der Waals surface area contributed by atoms with E-state index in [2.05, 4.69) is 30.9 Å². The van der Waals surface area contributed by atoms with E-state index in [9.17, 15) is 4.57 Å². The number of phosphoric acid groups is 1. The van der Waals surface area contributed by atoms with Crippen molar-refractivity contribution in [3.05, 3.63) is 35.9 Å². The van der Waals surface area contributed by atoms with Gasteiger partial charge in [-0.25, -0.2) is 4.57 Å². The first-order chi connectivity index (χ1) is 9.29. The van der Waals surface area contributed by atoms with E-state index in [4.69, 9.17) is 14.3 Å². The SMILES string of the molecule is CC(C)(c1ccccc1)N1CCC(OP(=O)(O)O)CC1. The third-order valence-electron chi connectivity index (χ3n) is 4.00. The standard InChI is InChI=1S/C14H22NO4P/c1-14(2,12-6-4-3-5-7-12)15-10-8-13(9-11-15)19-20(16,17)18/h3-7,13H,8-11H2,1-2H3,(H2,16,17,18). The number of nitrogens with zero attached hydrogens (tertiary/aromatic N) is 1. The summed E-state index contributed by atoms with van der Waals surface area (Å²) >= 11 is 0. The van der Waals surface area contributed by atoms with Crippen molar-refractivity contribution in [2.24, 2.45) is 0 Å². The first kappa shape index (κ1) is 15.7. The minimum absolute atomic E-state index is 0.0889. The van der Waals surface area contributed by atoms with Gasteiger partial charge in [0.15, 0.2) is 0 Å². The number of piperidine rings is 1. The highest BCUT2D eigenvalue weighted by Crippen LogP contribution is 2.40. The first-order valence-electron chi connectivity index (χ1n) is 6.83. The van der Waals surface area contributed by atoms with E-state index >= 15 is 0 Å². The molecular weight excluding hydrogens is 277 g/mol. The molecule has 0 radical (unpaired) electrons. The molecule has 0 aromatic heterocycles. The number of phosphoric ester groups is 1. The van der Waals surface area contributed by atoms with Crippen LogP contribution in [-0.4, -0.2) is 33.9 Å². The molecule has 2 rings (SSSR count). The van der Waals surface area contributed by atoms with Crippen LogP contribution in [0.4, 0.5) is 0 Å². The first-order valence-corrected chi connectivity index (χ1v) is 8.36. The smallest absolute Gasteiger partial charge is 0.303 e. The zero-order valence-electron chi connectivity index (χ0n) is 11.9. The van der Waals surface area contributed by atoms with Gasteiger partial charge in [0.25, 0.3) is 0 Å². The molecule has 1 saturated heterocycles. The summed E-state index contributed by atoms with van der Waals surface area (Å²) in [7, 11) is -4.37. The molecule has 1 heterocycles. The predicted molar refractivity (Wildman–Crippen MR) is 77.2 cm³/mol. The van der Waals surface area contributed by atoms with Crippen LogP contribution in [0.1, 0.15) is 32.3 Å². The van der Waals surface area contributed by atoms with Gasteiger partial charge in [-0.15, -0.1) is 0 Å². The number of likely N-dealkylation sites (tertiary alicyclic amines) is 1. The second-order valence-electron chi connectivity index (χ2n) is 5.71. The van der Waals surface area contributed by atoms with Gasteiger partial charge in [-0.3, -0.25) is 9.42 Å². The molecule has 20 heavy (non-hydrogen) atoms. The maximum Gasteiger partial charge on any atom is 0.469 e. The van der Waals surface area contributed by atoms with Crippen LogP contribution in [0.25, 0.3) is 0 Å². The van der Waals surface area contributed by atoms with E-state index in [0.29, 0.717) is 12.8 Å². The maximum absolute atomic E-state index is 10.9. The van der Waals surface area contributed by atoms with E-state index in [1.54, 1.807) is 0 Å². The molecule has 2 N–H and O–H groups in total. The molecular formula is C14H22NO4P. The Hall–Kier alpha value is -0.710. The highest BCUT2D eigenvalue weighted by molar-refractivity contribution is 7.46. The lowest BCUT2D eigenvalue weighted by Gasteiger charge is -2.43. The molecule has 0 aliphatic carbocycles. The van der Waals surface area contributed by atoms with E-state index in [0.717, 1.165) is 13.1 Å². The van der Waals surface area contributed by atoms with Crippen molar-refractivity contribution in [3.8, 4) is 0 Å². The van der Waals surface area contributed by atoms with Crippen LogP contribution in [0.15, 0.2) is 30.3 Å². The minimum Gasteiger partial charge on any atom is -0.303 e. The van der Waals surface area contributed by atoms with Gasteiger partial charge >= 0.3 is 7.82 Å². The molecule has 6 heteroatoms. The molecule has 0 atom stereocenters. The molecule has 0 amide bonds. The summed E-state index contributed by atoms with van der Waals surface area (Å²) in [6.45, 7) is 5.89. The van der Waals surface area contributed by atoms with Crippen molar-refractivity contribution in [1.29, 1.82) is 0 Å². The Morgan fingerprint density at radius 2 is 1.75 bits per heavy atom. The van der Waals surface area contributed by atoms with Gasteiger partial charge in [0.2, 0.25) is 0 Å². The van der Waals surface area contributed by atoms with Gasteiger partial charge < -0.3 is 9.79 Å². The molecule has 0 bridgehead atoms. The molecule has 0 spiro atoms. The summed E-state index contributed by atoms with van der Waals surface area (Å²) in [6.07, 6.45) is 0.932. The predicted octanol–water partition coefficient (Wildman–Crippen LogP) is 2.50. The van der Waals surface area contributed by atoms with Crippen LogP contribution in [0.2, 0.25) is 0 Å². The van der Waals surface area contributed by atoms with Gasteiger partial charge in [0.1, 0.15) is 0 Å². The molecule has 1 aliphatic rings. The zero-order valence-corrected chi connectivity index (χ0v) is 12.8. The fourth-order valence-corrected chi connectivity index (χ4v) is 3.34. The average molecular weight is 299 g/mol. The summed E-state index contributed by atoms with van der Waals surface area (Å²) in [6, 6.07) is 10.3. The number of rotatable bonds is 4. The lowest BCUT2D eigenvalue weighted by atomic mass is 9.90. The van der Waals surface area contributed by atoms with Crippen LogP contribution >= 0.6 is 7.82 Å². The molecule has 0 saturated carbocycles. The molecule has 1 aliphatic heterocycles.